The van der Waals surface area contributed by atoms with E-state index in [1.54, 1.807) is 24.3 Å². The first-order valence-corrected chi connectivity index (χ1v) is 9.90. The molecular weight excluding hydrogens is 434 g/mol. The van der Waals surface area contributed by atoms with Crippen LogP contribution in [0.25, 0.3) is 21.6 Å². The lowest BCUT2D eigenvalue weighted by atomic mass is 10.1. The summed E-state index contributed by atoms with van der Waals surface area (Å²) < 4.78 is 12.7. The Hall–Kier alpha value is -3.81. The molecule has 0 bridgehead atoms. The zero-order valence-electron chi connectivity index (χ0n) is 17.2. The van der Waals surface area contributed by atoms with Crippen LogP contribution in [0.4, 0.5) is 11.5 Å². The molecule has 3 aromatic rings. The van der Waals surface area contributed by atoms with Crippen LogP contribution in [0.1, 0.15) is 11.8 Å². The predicted molar refractivity (Wildman–Crippen MR) is 114 cm³/mol. The van der Waals surface area contributed by atoms with Gasteiger partial charge in [0.2, 0.25) is 0 Å². The number of carbonyl (C=O) groups is 1. The fourth-order valence-electron chi connectivity index (χ4n) is 3.59. The monoisotopic (exact) mass is 455 g/mol. The highest BCUT2D eigenvalue weighted by atomic mass is 16.6. The fourth-order valence-corrected chi connectivity index (χ4v) is 3.59. The first-order valence-electron chi connectivity index (χ1n) is 9.90. The average molecular weight is 455 g/mol. The van der Waals surface area contributed by atoms with E-state index in [1.807, 2.05) is 0 Å². The number of azide groups is 1. The molecule has 0 spiro atoms. The van der Waals surface area contributed by atoms with E-state index in [2.05, 4.69) is 25.0 Å². The van der Waals surface area contributed by atoms with Crippen LogP contribution in [-0.2, 0) is 20.7 Å². The summed E-state index contributed by atoms with van der Waals surface area (Å²) in [7, 11) is 0. The Labute approximate surface area is 186 Å². The molecule has 1 fully saturated rings. The van der Waals surface area contributed by atoms with Gasteiger partial charge in [-0.3, -0.25) is 9.36 Å². The molecule has 4 rings (SSSR count). The van der Waals surface area contributed by atoms with Gasteiger partial charge in [0.15, 0.2) is 23.8 Å². The highest BCUT2D eigenvalue weighted by molar-refractivity contribution is 5.81. The molecule has 4 unspecified atom stereocenters. The van der Waals surface area contributed by atoms with Crippen molar-refractivity contribution in [3.05, 3.63) is 52.9 Å². The van der Waals surface area contributed by atoms with Crippen molar-refractivity contribution < 1.29 is 24.5 Å². The lowest BCUT2D eigenvalue weighted by Gasteiger charge is -2.23. The first kappa shape index (κ1) is 22.4. The third-order valence-electron chi connectivity index (χ3n) is 5.26. The number of hydrogen-bond donors (Lipinski definition) is 4. The van der Waals surface area contributed by atoms with Gasteiger partial charge in [0.25, 0.3) is 0 Å². The van der Waals surface area contributed by atoms with Crippen LogP contribution >= 0.6 is 0 Å². The van der Waals surface area contributed by atoms with Crippen LogP contribution in [0.2, 0.25) is 0 Å². The van der Waals surface area contributed by atoms with Crippen molar-refractivity contribution in [3.63, 3.8) is 0 Å². The lowest BCUT2D eigenvalue weighted by Crippen LogP contribution is -2.42. The second-order valence-electron chi connectivity index (χ2n) is 7.39. The third kappa shape index (κ3) is 4.41. The molecule has 3 heterocycles. The van der Waals surface area contributed by atoms with Gasteiger partial charge in [-0.2, -0.15) is 0 Å². The van der Waals surface area contributed by atoms with E-state index in [-0.39, 0.29) is 12.2 Å². The summed E-state index contributed by atoms with van der Waals surface area (Å²) in [4.78, 5) is 27.6. The highest BCUT2D eigenvalue weighted by Crippen LogP contribution is 2.34. The molecule has 33 heavy (non-hydrogen) atoms. The lowest BCUT2D eigenvalue weighted by molar-refractivity contribution is -0.160. The number of hydrogen-bond acceptors (Lipinski definition) is 11. The number of benzene rings is 1. The number of rotatable bonds is 7. The molecule has 1 aliphatic heterocycles. The van der Waals surface area contributed by atoms with Crippen molar-refractivity contribution in [2.24, 2.45) is 10.8 Å². The zero-order chi connectivity index (χ0) is 23.5. The van der Waals surface area contributed by atoms with Gasteiger partial charge in [0, 0.05) is 10.6 Å². The van der Waals surface area contributed by atoms with E-state index in [1.165, 1.54) is 17.2 Å². The Morgan fingerprint density at radius 2 is 2.09 bits per heavy atom. The van der Waals surface area contributed by atoms with Crippen molar-refractivity contribution in [1.29, 1.82) is 0 Å². The van der Waals surface area contributed by atoms with E-state index in [0.717, 1.165) is 5.56 Å². The van der Waals surface area contributed by atoms with E-state index in [9.17, 15) is 15.0 Å². The van der Waals surface area contributed by atoms with E-state index >= 15 is 0 Å². The summed E-state index contributed by atoms with van der Waals surface area (Å²) in [6, 6.07) is 5.50. The number of carbonyl (C=O) groups excluding carboxylic acids is 1. The number of aromatic nitrogens is 4. The molecule has 14 heteroatoms. The number of ether oxygens (including phenoxy) is 2. The fraction of sp³-hybridized carbons (Fsp3) is 0.368. The minimum absolute atomic E-state index is 0.144. The average Bonchev–Trinajstić information content (AvgIpc) is 3.37. The van der Waals surface area contributed by atoms with Crippen LogP contribution in [0.5, 0.6) is 0 Å². The summed E-state index contributed by atoms with van der Waals surface area (Å²) in [6.45, 7) is -0.501. The van der Waals surface area contributed by atoms with Crippen molar-refractivity contribution >= 4 is 28.6 Å². The molecule has 0 radical (unpaired) electrons. The molecule has 14 nitrogen and oxygen atoms in total. The normalized spacial score (nSPS) is 23.2. The van der Waals surface area contributed by atoms with E-state index in [0.29, 0.717) is 16.9 Å². The number of nitrogens with two attached hydrogens (primary N) is 2. The Balaban J connectivity index is 1.52. The smallest absolute Gasteiger partial charge is 0.323 e. The van der Waals surface area contributed by atoms with Gasteiger partial charge in [0.05, 0.1) is 12.9 Å². The quantitative estimate of drug-likeness (QED) is 0.162. The molecule has 0 aliphatic carbocycles. The highest BCUT2D eigenvalue weighted by Gasteiger charge is 2.48. The number of esters is 1. The summed E-state index contributed by atoms with van der Waals surface area (Å²) in [6.07, 6.45) is -1.79. The van der Waals surface area contributed by atoms with Crippen LogP contribution < -0.4 is 11.5 Å². The largest absolute Gasteiger partial charge is 0.453 e. The maximum absolute atomic E-state index is 12.7. The van der Waals surface area contributed by atoms with Crippen molar-refractivity contribution in [2.75, 3.05) is 12.3 Å². The van der Waals surface area contributed by atoms with Crippen molar-refractivity contribution in [2.45, 2.75) is 37.0 Å². The summed E-state index contributed by atoms with van der Waals surface area (Å²) in [5.74, 6) is -0.623. The van der Waals surface area contributed by atoms with Gasteiger partial charge in [-0.1, -0.05) is 29.4 Å². The number of anilines is 1. The van der Waals surface area contributed by atoms with E-state index in [4.69, 9.17) is 26.5 Å². The van der Waals surface area contributed by atoms with Gasteiger partial charge in [-0.25, -0.2) is 15.0 Å². The van der Waals surface area contributed by atoms with Gasteiger partial charge >= 0.3 is 5.97 Å². The Morgan fingerprint density at radius 3 is 2.79 bits per heavy atom. The second-order valence-corrected chi connectivity index (χ2v) is 7.39. The standard InChI is InChI=1S/C19H21N9O5/c20-11(5-9-1-3-10(4-2-9)26-27-22)19(31)33-15-14(30)12(6-29)32-18(15)28-8-25-13-16(21)23-7-24-17(13)28/h1-4,7-8,11-12,14-15,18,29-30H,5-6,20H2,(H2,21,23,24)/t11-,12?,14?,15?,18?/m1/s1. The molecule has 6 N–H and O–H groups in total. The van der Waals surface area contributed by atoms with Gasteiger partial charge in [-0.05, 0) is 17.5 Å². The Kier molecular flexibility index (Phi) is 6.35. The molecule has 0 saturated carbocycles. The number of nitrogen functional groups attached to an aromatic ring is 1. The Morgan fingerprint density at radius 1 is 1.33 bits per heavy atom. The van der Waals surface area contributed by atoms with Crippen molar-refractivity contribution in [3.8, 4) is 0 Å². The summed E-state index contributed by atoms with van der Waals surface area (Å²) in [5, 5.41) is 23.7. The minimum atomic E-state index is -1.32. The number of aliphatic hydroxyl groups is 2. The molecule has 2 aromatic heterocycles. The van der Waals surface area contributed by atoms with Crippen LogP contribution in [-0.4, -0.2) is 66.7 Å². The zero-order valence-corrected chi connectivity index (χ0v) is 17.2. The van der Waals surface area contributed by atoms with Gasteiger partial charge < -0.3 is 31.2 Å². The van der Waals surface area contributed by atoms with Gasteiger partial charge in [0.1, 0.15) is 30.1 Å². The van der Waals surface area contributed by atoms with Gasteiger partial charge in [-0.15, -0.1) is 0 Å². The molecule has 1 saturated heterocycles. The maximum atomic E-state index is 12.7. The maximum Gasteiger partial charge on any atom is 0.323 e. The summed E-state index contributed by atoms with van der Waals surface area (Å²) in [5.41, 5.74) is 22.1. The topological polar surface area (TPSA) is 220 Å². The third-order valence-corrected chi connectivity index (χ3v) is 5.26. The Bertz CT molecular complexity index is 1190. The number of aliphatic hydroxyl groups excluding tert-OH is 2. The van der Waals surface area contributed by atoms with Crippen LogP contribution in [0.15, 0.2) is 42.0 Å². The van der Waals surface area contributed by atoms with Crippen LogP contribution in [0.3, 0.4) is 0 Å². The number of imidazole rings is 1. The molecule has 1 aliphatic rings. The van der Waals surface area contributed by atoms with E-state index < -0.39 is 43.2 Å². The van der Waals surface area contributed by atoms with Crippen LogP contribution in [0, 0.1) is 0 Å². The molecule has 5 atom stereocenters. The minimum Gasteiger partial charge on any atom is -0.453 e. The molecular formula is C19H21N9O5. The molecule has 1 aromatic carbocycles. The number of nitrogens with zero attached hydrogens (tertiary/aromatic N) is 7. The molecule has 172 valence electrons. The predicted octanol–water partition coefficient (Wildman–Crippen LogP) is 0.0827. The first-order chi connectivity index (χ1) is 15.9. The second kappa shape index (κ2) is 9.36. The summed E-state index contributed by atoms with van der Waals surface area (Å²) >= 11 is 0. The molecule has 0 amide bonds. The van der Waals surface area contributed by atoms with Crippen molar-refractivity contribution in [1.82, 2.24) is 19.5 Å². The number of fused-ring (bicyclic) bond motifs is 1. The SMILES string of the molecule is [N-]=[N+]=Nc1ccc(C[C@@H](N)C(=O)OC2C(O)C(CO)OC2n2cnc3c(N)ncnc32)cc1.